The van der Waals surface area contributed by atoms with Crippen molar-refractivity contribution in [2.24, 2.45) is 5.92 Å². The SMILES string of the molecule is CCc1ccc(CNC(C)C(=O)NCC(C)C)s1. The van der Waals surface area contributed by atoms with Crippen molar-refractivity contribution in [1.29, 1.82) is 0 Å². The number of hydrogen-bond donors (Lipinski definition) is 2. The van der Waals surface area contributed by atoms with Crippen LogP contribution in [0.2, 0.25) is 0 Å². The van der Waals surface area contributed by atoms with E-state index in [-0.39, 0.29) is 11.9 Å². The minimum atomic E-state index is -0.143. The summed E-state index contributed by atoms with van der Waals surface area (Å²) in [6, 6.07) is 4.15. The zero-order valence-electron chi connectivity index (χ0n) is 11.7. The minimum absolute atomic E-state index is 0.0796. The highest BCUT2D eigenvalue weighted by Crippen LogP contribution is 2.16. The Balaban J connectivity index is 2.31. The minimum Gasteiger partial charge on any atom is -0.354 e. The number of aryl methyl sites for hydroxylation is 1. The lowest BCUT2D eigenvalue weighted by molar-refractivity contribution is -0.122. The van der Waals surface area contributed by atoms with Crippen molar-refractivity contribution in [3.8, 4) is 0 Å². The van der Waals surface area contributed by atoms with Crippen molar-refractivity contribution < 1.29 is 4.79 Å². The quantitative estimate of drug-likeness (QED) is 0.798. The van der Waals surface area contributed by atoms with Gasteiger partial charge in [0.15, 0.2) is 0 Å². The zero-order valence-corrected chi connectivity index (χ0v) is 12.6. The van der Waals surface area contributed by atoms with Crippen LogP contribution in [0.5, 0.6) is 0 Å². The smallest absolute Gasteiger partial charge is 0.236 e. The molecule has 1 amide bonds. The molecule has 2 N–H and O–H groups in total. The molecule has 0 saturated carbocycles. The first-order valence-corrected chi connectivity index (χ1v) is 7.43. The summed E-state index contributed by atoms with van der Waals surface area (Å²) in [5.74, 6) is 0.571. The van der Waals surface area contributed by atoms with Gasteiger partial charge in [-0.2, -0.15) is 0 Å². The Bertz CT molecular complexity index is 374. The first-order valence-electron chi connectivity index (χ1n) is 6.61. The van der Waals surface area contributed by atoms with Crippen LogP contribution in [0.3, 0.4) is 0 Å². The number of nitrogens with one attached hydrogen (secondary N) is 2. The average Bonchev–Trinajstić information content (AvgIpc) is 2.80. The highest BCUT2D eigenvalue weighted by atomic mass is 32.1. The average molecular weight is 268 g/mol. The van der Waals surface area contributed by atoms with Crippen LogP contribution in [0.1, 0.15) is 37.4 Å². The molecule has 0 aliphatic rings. The second kappa shape index (κ2) is 7.54. The van der Waals surface area contributed by atoms with Crippen LogP contribution in [0, 0.1) is 5.92 Å². The number of rotatable bonds is 7. The number of carbonyl (C=O) groups is 1. The van der Waals surface area contributed by atoms with Crippen molar-refractivity contribution >= 4 is 17.2 Å². The second-order valence-corrected chi connectivity index (χ2v) is 6.22. The van der Waals surface area contributed by atoms with E-state index in [2.05, 4.69) is 43.5 Å². The molecule has 0 bridgehead atoms. The third-order valence-electron chi connectivity index (χ3n) is 2.73. The van der Waals surface area contributed by atoms with E-state index in [4.69, 9.17) is 0 Å². The van der Waals surface area contributed by atoms with Crippen molar-refractivity contribution in [1.82, 2.24) is 10.6 Å². The molecule has 0 aromatic carbocycles. The molecule has 1 aromatic heterocycles. The summed E-state index contributed by atoms with van der Waals surface area (Å²) in [5.41, 5.74) is 0. The van der Waals surface area contributed by atoms with Crippen LogP contribution in [-0.4, -0.2) is 18.5 Å². The summed E-state index contributed by atoms with van der Waals surface area (Å²) < 4.78 is 0. The fraction of sp³-hybridized carbons (Fsp3) is 0.643. The maximum absolute atomic E-state index is 11.8. The standard InChI is InChI=1S/C14H24N2OS/c1-5-12-6-7-13(18-12)9-15-11(4)14(17)16-8-10(2)3/h6-7,10-11,15H,5,8-9H2,1-4H3,(H,16,17). The monoisotopic (exact) mass is 268 g/mol. The third-order valence-corrected chi connectivity index (χ3v) is 3.96. The predicted molar refractivity (Wildman–Crippen MR) is 77.8 cm³/mol. The molecule has 1 aromatic rings. The lowest BCUT2D eigenvalue weighted by Gasteiger charge is -2.14. The lowest BCUT2D eigenvalue weighted by atomic mass is 10.2. The summed E-state index contributed by atoms with van der Waals surface area (Å²) in [6.45, 7) is 9.76. The molecule has 1 heterocycles. The van der Waals surface area contributed by atoms with Gasteiger partial charge in [-0.1, -0.05) is 20.8 Å². The van der Waals surface area contributed by atoms with Gasteiger partial charge in [0.2, 0.25) is 5.91 Å². The summed E-state index contributed by atoms with van der Waals surface area (Å²) in [7, 11) is 0. The molecular formula is C14H24N2OS. The molecule has 0 fully saturated rings. The summed E-state index contributed by atoms with van der Waals surface area (Å²) in [5, 5.41) is 6.19. The maximum Gasteiger partial charge on any atom is 0.236 e. The van der Waals surface area contributed by atoms with Gasteiger partial charge in [-0.15, -0.1) is 11.3 Å². The Morgan fingerprint density at radius 3 is 2.50 bits per heavy atom. The van der Waals surface area contributed by atoms with Gasteiger partial charge < -0.3 is 10.6 Å². The summed E-state index contributed by atoms with van der Waals surface area (Å²) in [6.07, 6.45) is 1.08. The maximum atomic E-state index is 11.8. The first kappa shape index (κ1) is 15.2. The Morgan fingerprint density at radius 2 is 1.94 bits per heavy atom. The predicted octanol–water partition coefficient (Wildman–Crippen LogP) is 2.56. The van der Waals surface area contributed by atoms with Gasteiger partial charge in [-0.05, 0) is 31.4 Å². The van der Waals surface area contributed by atoms with Crippen molar-refractivity contribution in [3.63, 3.8) is 0 Å². The van der Waals surface area contributed by atoms with E-state index in [1.807, 2.05) is 18.3 Å². The molecule has 102 valence electrons. The van der Waals surface area contributed by atoms with E-state index >= 15 is 0 Å². The van der Waals surface area contributed by atoms with Gasteiger partial charge in [0.1, 0.15) is 0 Å². The van der Waals surface area contributed by atoms with Gasteiger partial charge >= 0.3 is 0 Å². The molecule has 1 unspecified atom stereocenters. The van der Waals surface area contributed by atoms with Gasteiger partial charge in [-0.25, -0.2) is 0 Å². The molecule has 0 saturated heterocycles. The first-order chi connectivity index (χ1) is 8.52. The second-order valence-electron chi connectivity index (χ2n) is 4.96. The molecular weight excluding hydrogens is 244 g/mol. The molecule has 0 spiro atoms. The van der Waals surface area contributed by atoms with Crippen molar-refractivity contribution in [2.45, 2.75) is 46.7 Å². The van der Waals surface area contributed by atoms with Gasteiger partial charge in [0.25, 0.3) is 0 Å². The molecule has 1 atom stereocenters. The Labute approximate surface area is 114 Å². The van der Waals surface area contributed by atoms with Crippen LogP contribution in [-0.2, 0) is 17.8 Å². The molecule has 18 heavy (non-hydrogen) atoms. The number of amides is 1. The van der Waals surface area contributed by atoms with Gasteiger partial charge in [-0.3, -0.25) is 4.79 Å². The Morgan fingerprint density at radius 1 is 1.28 bits per heavy atom. The highest BCUT2D eigenvalue weighted by molar-refractivity contribution is 7.11. The normalized spacial score (nSPS) is 12.7. The topological polar surface area (TPSA) is 41.1 Å². The number of carbonyl (C=O) groups excluding carboxylic acids is 1. The highest BCUT2D eigenvalue weighted by Gasteiger charge is 2.12. The Hall–Kier alpha value is -0.870. The fourth-order valence-corrected chi connectivity index (χ4v) is 2.42. The van der Waals surface area contributed by atoms with E-state index in [0.29, 0.717) is 5.92 Å². The number of thiophene rings is 1. The van der Waals surface area contributed by atoms with Crippen molar-refractivity contribution in [3.05, 3.63) is 21.9 Å². The molecule has 4 heteroatoms. The zero-order chi connectivity index (χ0) is 13.5. The molecule has 0 aliphatic heterocycles. The molecule has 0 radical (unpaired) electrons. The van der Waals surface area contributed by atoms with Gasteiger partial charge in [0, 0.05) is 22.8 Å². The summed E-state index contributed by atoms with van der Waals surface area (Å²) in [4.78, 5) is 14.4. The van der Waals surface area contributed by atoms with Crippen LogP contribution < -0.4 is 10.6 Å². The van der Waals surface area contributed by atoms with Crippen LogP contribution in [0.4, 0.5) is 0 Å². The number of hydrogen-bond acceptors (Lipinski definition) is 3. The Kier molecular flexibility index (Phi) is 6.36. The van der Waals surface area contributed by atoms with Crippen LogP contribution in [0.25, 0.3) is 0 Å². The van der Waals surface area contributed by atoms with E-state index in [1.54, 1.807) is 0 Å². The third kappa shape index (κ3) is 5.19. The van der Waals surface area contributed by atoms with E-state index in [0.717, 1.165) is 19.5 Å². The van der Waals surface area contributed by atoms with Crippen LogP contribution >= 0.6 is 11.3 Å². The van der Waals surface area contributed by atoms with E-state index in [1.165, 1.54) is 9.75 Å². The molecule has 1 rings (SSSR count). The summed E-state index contributed by atoms with van der Waals surface area (Å²) >= 11 is 1.81. The fourth-order valence-electron chi connectivity index (χ4n) is 1.51. The van der Waals surface area contributed by atoms with E-state index in [9.17, 15) is 4.79 Å². The molecule has 3 nitrogen and oxygen atoms in total. The largest absolute Gasteiger partial charge is 0.354 e. The van der Waals surface area contributed by atoms with Crippen LogP contribution in [0.15, 0.2) is 12.1 Å². The molecule has 0 aliphatic carbocycles. The van der Waals surface area contributed by atoms with Crippen molar-refractivity contribution in [2.75, 3.05) is 6.54 Å². The van der Waals surface area contributed by atoms with Gasteiger partial charge in [0.05, 0.1) is 6.04 Å². The lowest BCUT2D eigenvalue weighted by Crippen LogP contribution is -2.42. The van der Waals surface area contributed by atoms with E-state index < -0.39 is 0 Å².